The van der Waals surface area contributed by atoms with E-state index >= 15 is 0 Å². The zero-order valence-electron chi connectivity index (χ0n) is 13.8. The van der Waals surface area contributed by atoms with Crippen LogP contribution in [0.2, 0.25) is 0 Å². The van der Waals surface area contributed by atoms with Crippen LogP contribution in [0.5, 0.6) is 0 Å². The Bertz CT molecular complexity index is 866. The van der Waals surface area contributed by atoms with E-state index in [1.807, 2.05) is 24.3 Å². The molecule has 0 bridgehead atoms. The second kappa shape index (κ2) is 5.89. The molecular formula is C20H18FN3O. The van der Waals surface area contributed by atoms with Crippen LogP contribution in [0.4, 0.5) is 15.8 Å². The highest BCUT2D eigenvalue weighted by molar-refractivity contribution is 5.96. The molecule has 0 unspecified atom stereocenters. The lowest BCUT2D eigenvalue weighted by atomic mass is 9.96. The number of hydrogen-bond acceptors (Lipinski definition) is 3. The van der Waals surface area contributed by atoms with Crippen molar-refractivity contribution in [2.45, 2.75) is 31.2 Å². The van der Waals surface area contributed by atoms with E-state index in [1.54, 1.807) is 6.07 Å². The van der Waals surface area contributed by atoms with Gasteiger partial charge in [-0.25, -0.2) is 4.39 Å². The van der Waals surface area contributed by atoms with Gasteiger partial charge in [-0.3, -0.25) is 4.79 Å². The van der Waals surface area contributed by atoms with Gasteiger partial charge in [-0.05, 0) is 42.2 Å². The van der Waals surface area contributed by atoms with Gasteiger partial charge in [0.2, 0.25) is 5.91 Å². The topological polar surface area (TPSA) is 56.1 Å². The lowest BCUT2D eigenvalue weighted by molar-refractivity contribution is -0.115. The molecule has 25 heavy (non-hydrogen) atoms. The van der Waals surface area contributed by atoms with Gasteiger partial charge in [0.25, 0.3) is 0 Å². The Labute approximate surface area is 145 Å². The molecule has 1 N–H and O–H groups in total. The van der Waals surface area contributed by atoms with Crippen LogP contribution in [0, 0.1) is 17.1 Å². The molecule has 1 fully saturated rings. The molecule has 0 radical (unpaired) electrons. The summed E-state index contributed by atoms with van der Waals surface area (Å²) in [6, 6.07) is 15.0. The number of nitrogens with one attached hydrogen (secondary N) is 1. The molecule has 1 saturated carbocycles. The Hall–Kier alpha value is -2.87. The first kappa shape index (κ1) is 15.6. The number of benzene rings is 2. The Morgan fingerprint density at radius 1 is 1.20 bits per heavy atom. The van der Waals surface area contributed by atoms with Crippen LogP contribution in [0.3, 0.4) is 0 Å². The van der Waals surface area contributed by atoms with Gasteiger partial charge in [-0.1, -0.05) is 24.3 Å². The van der Waals surface area contributed by atoms with E-state index in [0.29, 0.717) is 25.2 Å². The van der Waals surface area contributed by atoms with E-state index < -0.39 is 0 Å². The number of fused-ring (bicyclic) bond motifs is 1. The van der Waals surface area contributed by atoms with Crippen molar-refractivity contribution in [3.05, 3.63) is 59.4 Å². The van der Waals surface area contributed by atoms with Crippen molar-refractivity contribution in [3.8, 4) is 6.07 Å². The minimum Gasteiger partial charge on any atom is -0.365 e. The maximum Gasteiger partial charge on any atom is 0.226 e. The van der Waals surface area contributed by atoms with Crippen molar-refractivity contribution in [2.24, 2.45) is 0 Å². The minimum absolute atomic E-state index is 0.102. The summed E-state index contributed by atoms with van der Waals surface area (Å²) in [6.07, 6.45) is 2.23. The maximum atomic E-state index is 13.5. The molecule has 2 aromatic carbocycles. The van der Waals surface area contributed by atoms with Crippen LogP contribution in [0.15, 0.2) is 42.5 Å². The van der Waals surface area contributed by atoms with Crippen molar-refractivity contribution in [3.63, 3.8) is 0 Å². The van der Waals surface area contributed by atoms with E-state index in [-0.39, 0.29) is 17.1 Å². The number of rotatable bonds is 3. The number of halogens is 1. The fraction of sp³-hybridized carbons (Fsp3) is 0.300. The van der Waals surface area contributed by atoms with Crippen molar-refractivity contribution >= 4 is 17.3 Å². The number of carbonyl (C=O) groups is 1. The summed E-state index contributed by atoms with van der Waals surface area (Å²) in [7, 11) is 0. The number of nitrogens with zero attached hydrogens (tertiary/aromatic N) is 2. The first-order valence-corrected chi connectivity index (χ1v) is 8.45. The lowest BCUT2D eigenvalue weighted by Crippen LogP contribution is -2.24. The Morgan fingerprint density at radius 2 is 1.96 bits per heavy atom. The highest BCUT2D eigenvalue weighted by Crippen LogP contribution is 2.47. The number of nitriles is 1. The monoisotopic (exact) mass is 335 g/mol. The zero-order valence-corrected chi connectivity index (χ0v) is 13.8. The molecule has 5 heteroatoms. The van der Waals surface area contributed by atoms with Crippen LogP contribution < -0.4 is 10.2 Å². The zero-order chi connectivity index (χ0) is 17.4. The second-order valence-corrected chi connectivity index (χ2v) is 6.77. The summed E-state index contributed by atoms with van der Waals surface area (Å²) in [6.45, 7) is 1.21. The molecule has 2 aromatic rings. The molecule has 0 aromatic heterocycles. The van der Waals surface area contributed by atoms with Gasteiger partial charge in [0, 0.05) is 19.5 Å². The van der Waals surface area contributed by atoms with Gasteiger partial charge < -0.3 is 10.2 Å². The quantitative estimate of drug-likeness (QED) is 0.930. The molecule has 1 aliphatic carbocycles. The maximum absolute atomic E-state index is 13.5. The molecule has 0 spiro atoms. The smallest absolute Gasteiger partial charge is 0.226 e. The van der Waals surface area contributed by atoms with Gasteiger partial charge in [0.1, 0.15) is 5.82 Å². The average Bonchev–Trinajstić information content (AvgIpc) is 3.41. The fourth-order valence-electron chi connectivity index (χ4n) is 3.36. The predicted octanol–water partition coefficient (Wildman–Crippen LogP) is 3.73. The molecule has 1 aliphatic heterocycles. The van der Waals surface area contributed by atoms with Crippen LogP contribution in [0.1, 0.15) is 30.4 Å². The van der Waals surface area contributed by atoms with Crippen LogP contribution in [-0.2, 0) is 16.8 Å². The Morgan fingerprint density at radius 3 is 2.64 bits per heavy atom. The fourth-order valence-corrected chi connectivity index (χ4v) is 3.36. The van der Waals surface area contributed by atoms with Crippen LogP contribution in [-0.4, -0.2) is 12.5 Å². The first-order valence-electron chi connectivity index (χ1n) is 8.45. The van der Waals surface area contributed by atoms with Crippen molar-refractivity contribution in [2.75, 3.05) is 16.8 Å². The number of carbonyl (C=O) groups excluding carboxylic acids is 1. The van der Waals surface area contributed by atoms with Gasteiger partial charge in [0.15, 0.2) is 0 Å². The normalized spacial score (nSPS) is 17.9. The van der Waals surface area contributed by atoms with Crippen molar-refractivity contribution in [1.29, 1.82) is 5.26 Å². The van der Waals surface area contributed by atoms with Crippen LogP contribution >= 0.6 is 0 Å². The van der Waals surface area contributed by atoms with Gasteiger partial charge in [-0.15, -0.1) is 0 Å². The molecule has 1 amide bonds. The van der Waals surface area contributed by atoms with Gasteiger partial charge >= 0.3 is 0 Å². The summed E-state index contributed by atoms with van der Waals surface area (Å²) >= 11 is 0. The Balaban J connectivity index is 1.58. The van der Waals surface area contributed by atoms with Crippen LogP contribution in [0.25, 0.3) is 0 Å². The molecule has 1 heterocycles. The summed E-state index contributed by atoms with van der Waals surface area (Å²) < 4.78 is 13.5. The molecule has 4 rings (SSSR count). The standard InChI is InChI=1S/C20H18FN3O/c21-16-5-6-18-17(11-16)23-19(25)7-10-24(18)12-14-1-3-15(4-2-14)20(13-22)8-9-20/h1-6,11H,7-10,12H2,(H,23,25). The summed E-state index contributed by atoms with van der Waals surface area (Å²) in [4.78, 5) is 13.9. The predicted molar refractivity (Wildman–Crippen MR) is 93.7 cm³/mol. The molecule has 0 atom stereocenters. The van der Waals surface area contributed by atoms with Gasteiger partial charge in [0.05, 0.1) is 22.9 Å². The molecule has 126 valence electrons. The molecular weight excluding hydrogens is 317 g/mol. The van der Waals surface area contributed by atoms with Crippen molar-refractivity contribution < 1.29 is 9.18 Å². The Kier molecular flexibility index (Phi) is 3.69. The van der Waals surface area contributed by atoms with E-state index in [9.17, 15) is 14.4 Å². The summed E-state index contributed by atoms with van der Waals surface area (Å²) in [5, 5.41) is 12.1. The van der Waals surface area contributed by atoms with Crippen molar-refractivity contribution in [1.82, 2.24) is 0 Å². The average molecular weight is 335 g/mol. The largest absolute Gasteiger partial charge is 0.365 e. The van der Waals surface area contributed by atoms with E-state index in [4.69, 9.17) is 0 Å². The highest BCUT2D eigenvalue weighted by atomic mass is 19.1. The minimum atomic E-state index is -0.364. The second-order valence-electron chi connectivity index (χ2n) is 6.77. The third-order valence-electron chi connectivity index (χ3n) is 5.03. The third-order valence-corrected chi connectivity index (χ3v) is 5.03. The number of anilines is 2. The molecule has 2 aliphatic rings. The SMILES string of the molecule is N#CC1(c2ccc(CN3CCC(=O)Nc4cc(F)ccc43)cc2)CC1. The summed E-state index contributed by atoms with van der Waals surface area (Å²) in [5.74, 6) is -0.467. The molecule has 0 saturated heterocycles. The molecule has 4 nitrogen and oxygen atoms in total. The van der Waals surface area contributed by atoms with E-state index in [2.05, 4.69) is 16.3 Å². The van der Waals surface area contributed by atoms with E-state index in [1.165, 1.54) is 12.1 Å². The lowest BCUT2D eigenvalue weighted by Gasteiger charge is -2.24. The van der Waals surface area contributed by atoms with Gasteiger partial charge in [-0.2, -0.15) is 5.26 Å². The summed E-state index contributed by atoms with van der Waals surface area (Å²) in [5.41, 5.74) is 3.24. The first-order chi connectivity index (χ1) is 12.1. The highest BCUT2D eigenvalue weighted by Gasteiger charge is 2.44. The number of amides is 1. The van der Waals surface area contributed by atoms with E-state index in [0.717, 1.165) is 29.7 Å². The third kappa shape index (κ3) is 2.96. The number of hydrogen-bond donors (Lipinski definition) is 1.